The van der Waals surface area contributed by atoms with Crippen LogP contribution in [0.15, 0.2) is 0 Å². The van der Waals surface area contributed by atoms with Crippen molar-refractivity contribution < 1.29 is 0 Å². The summed E-state index contributed by atoms with van der Waals surface area (Å²) < 4.78 is 0. The molecule has 10 heavy (non-hydrogen) atoms. The third-order valence-electron chi connectivity index (χ3n) is 1.32. The Morgan fingerprint density at radius 2 is 1.30 bits per heavy atom. The monoisotopic (exact) mass is 309 g/mol. The summed E-state index contributed by atoms with van der Waals surface area (Å²) in [5, 5.41) is 0. The molecular weight excluding hydrogens is 297 g/mol. The van der Waals surface area contributed by atoms with Crippen LogP contribution in [0, 0.1) is 6.42 Å². The van der Waals surface area contributed by atoms with E-state index in [1.54, 1.807) is 0 Å². The van der Waals surface area contributed by atoms with Crippen molar-refractivity contribution in [3.05, 3.63) is 6.42 Å². The topological polar surface area (TPSA) is 0 Å². The summed E-state index contributed by atoms with van der Waals surface area (Å²) in [5.41, 5.74) is 0. The quantitative estimate of drug-likeness (QED) is 0.600. The first kappa shape index (κ1) is 11.7. The molecule has 1 fully saturated rings. The van der Waals surface area contributed by atoms with Crippen molar-refractivity contribution in [1.82, 2.24) is 0 Å². The van der Waals surface area contributed by atoms with Crippen molar-refractivity contribution in [3.8, 4) is 0 Å². The van der Waals surface area contributed by atoms with Crippen LogP contribution in [0.3, 0.4) is 0 Å². The van der Waals surface area contributed by atoms with E-state index in [1.807, 2.05) is 0 Å². The van der Waals surface area contributed by atoms with Gasteiger partial charge in [-0.2, -0.15) is 0 Å². The molecule has 0 amide bonds. The van der Waals surface area contributed by atoms with Crippen LogP contribution in [0.5, 0.6) is 0 Å². The van der Waals surface area contributed by atoms with Crippen LogP contribution in [0.2, 0.25) is 0 Å². The van der Waals surface area contributed by atoms with Gasteiger partial charge in [0.05, 0.1) is 0 Å². The van der Waals surface area contributed by atoms with Gasteiger partial charge in [-0.05, 0) is 6.42 Å². The maximum atomic E-state index is 5.02. The predicted molar refractivity (Wildman–Crippen MR) is 52.1 cm³/mol. The molecule has 0 unspecified atom stereocenters. The summed E-state index contributed by atoms with van der Waals surface area (Å²) in [7, 11) is 15.0. The van der Waals surface area contributed by atoms with Crippen LogP contribution in [0.25, 0.3) is 0 Å². The molecule has 61 valence electrons. The summed E-state index contributed by atoms with van der Waals surface area (Å²) >= 11 is -2.22. The molecule has 4 heteroatoms. The minimum atomic E-state index is -2.22. The minimum absolute atomic E-state index is 1.38. The van der Waals surface area contributed by atoms with Gasteiger partial charge in [0.15, 0.2) is 0 Å². The third-order valence-corrected chi connectivity index (χ3v) is 1.32. The molecule has 1 saturated carbocycles. The second-order valence-electron chi connectivity index (χ2n) is 2.17. The van der Waals surface area contributed by atoms with Gasteiger partial charge in [0, 0.05) is 0 Å². The molecule has 0 atom stereocenters. The Morgan fingerprint density at radius 3 is 1.40 bits per heavy atom. The molecule has 0 aromatic rings. The summed E-state index contributed by atoms with van der Waals surface area (Å²) in [6.07, 6.45) is 9.50. The zero-order valence-corrected chi connectivity index (χ0v) is 11.4. The fourth-order valence-corrected chi connectivity index (χ4v) is 0.898. The zero-order chi connectivity index (χ0) is 7.82. The van der Waals surface area contributed by atoms with E-state index in [4.69, 9.17) is 26.8 Å². The van der Waals surface area contributed by atoms with Gasteiger partial charge >= 0.3 is 43.1 Å². The van der Waals surface area contributed by atoms with Crippen molar-refractivity contribution in [2.24, 2.45) is 0 Å². The van der Waals surface area contributed by atoms with Gasteiger partial charge in [-0.1, -0.05) is 32.1 Å². The summed E-state index contributed by atoms with van der Waals surface area (Å²) in [6, 6.07) is 0. The Labute approximate surface area is 81.1 Å². The van der Waals surface area contributed by atoms with Crippen molar-refractivity contribution in [3.63, 3.8) is 0 Å². The Bertz CT molecular complexity index is 49.7. The van der Waals surface area contributed by atoms with E-state index in [-0.39, 0.29) is 0 Å². The molecule has 0 bridgehead atoms. The van der Waals surface area contributed by atoms with E-state index >= 15 is 0 Å². The number of halogens is 3. The predicted octanol–water partition coefficient (Wildman–Crippen LogP) is 3.57. The van der Waals surface area contributed by atoms with E-state index < -0.39 is 16.4 Å². The number of hydrogen-bond acceptors (Lipinski definition) is 0. The molecule has 1 rings (SSSR count). The second kappa shape index (κ2) is 8.76. The molecule has 0 saturated heterocycles. The standard InChI is InChI=1S/C6H11.3ClH.Sn.H/c1-2-4-6-5-3-1;;;;;/h1H,2-6H2;3*1H;;/q;;;;+3;/p-3. The van der Waals surface area contributed by atoms with E-state index in [9.17, 15) is 0 Å². The normalized spacial score (nSPS) is 18.0. The molecule has 0 nitrogen and oxygen atoms in total. The first-order chi connectivity index (χ1) is 4.73. The molecule has 1 aliphatic rings. The SMILES string of the molecule is [CH]1CCCCC1.[Cl][SnH]([Cl])[Cl]. The van der Waals surface area contributed by atoms with Gasteiger partial charge in [0.2, 0.25) is 0 Å². The van der Waals surface area contributed by atoms with Crippen molar-refractivity contribution >= 4 is 43.1 Å². The molecule has 0 spiro atoms. The van der Waals surface area contributed by atoms with Gasteiger partial charge in [0.1, 0.15) is 0 Å². The molecular formula is C6H12Cl3Sn. The van der Waals surface area contributed by atoms with Crippen LogP contribution < -0.4 is 0 Å². The average molecular weight is 309 g/mol. The Morgan fingerprint density at radius 1 is 0.900 bits per heavy atom. The molecule has 0 N–H and O–H groups in total. The molecule has 0 aliphatic heterocycles. The molecule has 1 aliphatic carbocycles. The maximum absolute atomic E-state index is 5.02. The second-order valence-corrected chi connectivity index (χ2v) is 16.9. The van der Waals surface area contributed by atoms with Gasteiger partial charge < -0.3 is 0 Å². The first-order valence-electron chi connectivity index (χ1n) is 3.47. The van der Waals surface area contributed by atoms with Crippen molar-refractivity contribution in [2.45, 2.75) is 32.1 Å². The third kappa shape index (κ3) is 12.4. The fraction of sp³-hybridized carbons (Fsp3) is 0.833. The molecule has 0 heterocycles. The number of hydrogen-bond donors (Lipinski definition) is 0. The Hall–Kier alpha value is 1.67. The molecule has 0 aromatic heterocycles. The number of rotatable bonds is 0. The van der Waals surface area contributed by atoms with Gasteiger partial charge in [-0.15, -0.1) is 0 Å². The van der Waals surface area contributed by atoms with Crippen molar-refractivity contribution in [2.75, 3.05) is 0 Å². The van der Waals surface area contributed by atoms with E-state index in [1.165, 1.54) is 32.1 Å². The first-order valence-corrected chi connectivity index (χ1v) is 16.0. The van der Waals surface area contributed by atoms with Crippen molar-refractivity contribution in [1.29, 1.82) is 0 Å². The van der Waals surface area contributed by atoms with Crippen LogP contribution in [-0.2, 0) is 0 Å². The van der Waals surface area contributed by atoms with Crippen LogP contribution in [-0.4, -0.2) is 16.4 Å². The molecule has 1 radical (unpaired) electrons. The summed E-state index contributed by atoms with van der Waals surface area (Å²) in [4.78, 5) is 0. The van der Waals surface area contributed by atoms with Gasteiger partial charge in [0.25, 0.3) is 0 Å². The van der Waals surface area contributed by atoms with Gasteiger partial charge in [-0.25, -0.2) is 0 Å². The fourth-order valence-electron chi connectivity index (χ4n) is 0.898. The Kier molecular flexibility index (Phi) is 10.2. The van der Waals surface area contributed by atoms with E-state index in [0.717, 1.165) is 0 Å². The Balaban J connectivity index is 0.000000180. The van der Waals surface area contributed by atoms with Crippen LogP contribution in [0.1, 0.15) is 32.1 Å². The van der Waals surface area contributed by atoms with Crippen LogP contribution in [0.4, 0.5) is 0 Å². The van der Waals surface area contributed by atoms with E-state index in [0.29, 0.717) is 0 Å². The average Bonchev–Trinajstić information content (AvgIpc) is 1.90. The zero-order valence-electron chi connectivity index (χ0n) is 5.82. The molecule has 0 aromatic carbocycles. The summed E-state index contributed by atoms with van der Waals surface area (Å²) in [6.45, 7) is 0. The van der Waals surface area contributed by atoms with Gasteiger partial charge in [-0.3, -0.25) is 0 Å². The van der Waals surface area contributed by atoms with Crippen LogP contribution >= 0.6 is 26.8 Å². The summed E-state index contributed by atoms with van der Waals surface area (Å²) in [5.74, 6) is 0. The van der Waals surface area contributed by atoms with E-state index in [2.05, 4.69) is 6.42 Å².